The number of anilines is 1. The van der Waals surface area contributed by atoms with Gasteiger partial charge in [0.15, 0.2) is 0 Å². The van der Waals surface area contributed by atoms with Gasteiger partial charge in [0.05, 0.1) is 16.8 Å². The Morgan fingerprint density at radius 3 is 2.58 bits per heavy atom. The second kappa shape index (κ2) is 9.30. The third-order valence-corrected chi connectivity index (χ3v) is 7.96. The van der Waals surface area contributed by atoms with Crippen LogP contribution in [0.1, 0.15) is 43.7 Å². The van der Waals surface area contributed by atoms with Crippen LogP contribution in [0, 0.1) is 0 Å². The first-order chi connectivity index (χ1) is 14.9. The van der Waals surface area contributed by atoms with Gasteiger partial charge in [0.25, 0.3) is 0 Å². The highest BCUT2D eigenvalue weighted by Crippen LogP contribution is 2.28. The van der Waals surface area contributed by atoms with Gasteiger partial charge in [0.2, 0.25) is 15.2 Å². The van der Waals surface area contributed by atoms with Crippen molar-refractivity contribution in [3.05, 3.63) is 65.0 Å². The zero-order valence-electron chi connectivity index (χ0n) is 17.7. The molecule has 0 saturated carbocycles. The minimum absolute atomic E-state index is 0.317. The number of aromatic nitrogens is 1. The fraction of sp³-hybridized carbons (Fsp3) is 0.304. The second-order valence-electron chi connectivity index (χ2n) is 7.87. The van der Waals surface area contributed by atoms with Crippen LogP contribution in [-0.2, 0) is 10.0 Å². The van der Waals surface area contributed by atoms with E-state index in [1.807, 2.05) is 23.6 Å². The monoisotopic (exact) mass is 454 g/mol. The molecule has 8 heteroatoms. The molecule has 1 aromatic heterocycles. The summed E-state index contributed by atoms with van der Waals surface area (Å²) in [5, 5.41) is 6.82. The summed E-state index contributed by atoms with van der Waals surface area (Å²) < 4.78 is 27.2. The second-order valence-corrected chi connectivity index (χ2v) is 10.7. The van der Waals surface area contributed by atoms with Gasteiger partial charge in [-0.3, -0.25) is 5.43 Å². The number of thiazole rings is 1. The Balaban J connectivity index is 1.45. The fourth-order valence-electron chi connectivity index (χ4n) is 3.48. The van der Waals surface area contributed by atoms with E-state index >= 15 is 0 Å². The topological polar surface area (TPSA) is 74.7 Å². The summed E-state index contributed by atoms with van der Waals surface area (Å²) in [6, 6.07) is 15.3. The predicted molar refractivity (Wildman–Crippen MR) is 127 cm³/mol. The maximum Gasteiger partial charge on any atom is 0.243 e. The minimum atomic E-state index is -3.45. The van der Waals surface area contributed by atoms with Crippen LogP contribution in [0.2, 0.25) is 0 Å². The Bertz CT molecular complexity index is 1160. The summed E-state index contributed by atoms with van der Waals surface area (Å²) in [7, 11) is -3.45. The molecular weight excluding hydrogens is 428 g/mol. The molecule has 1 aliphatic rings. The van der Waals surface area contributed by atoms with E-state index in [1.54, 1.807) is 28.7 Å². The van der Waals surface area contributed by atoms with E-state index < -0.39 is 10.0 Å². The van der Waals surface area contributed by atoms with Gasteiger partial charge in [-0.2, -0.15) is 9.41 Å². The normalized spacial score (nSPS) is 15.2. The van der Waals surface area contributed by atoms with E-state index in [4.69, 9.17) is 0 Å². The lowest BCUT2D eigenvalue weighted by molar-refractivity contribution is 0.477. The van der Waals surface area contributed by atoms with Crippen LogP contribution in [0.25, 0.3) is 11.3 Å². The molecule has 0 spiro atoms. The van der Waals surface area contributed by atoms with Crippen molar-refractivity contribution in [3.63, 3.8) is 0 Å². The van der Waals surface area contributed by atoms with Gasteiger partial charge in [-0.15, -0.1) is 11.3 Å². The maximum absolute atomic E-state index is 12.8. The molecule has 0 radical (unpaired) electrons. The Labute approximate surface area is 187 Å². The average Bonchev–Trinajstić information content (AvgIpc) is 3.47. The summed E-state index contributed by atoms with van der Waals surface area (Å²) in [5.41, 5.74) is 6.76. The van der Waals surface area contributed by atoms with Gasteiger partial charge in [-0.05, 0) is 42.0 Å². The molecule has 0 amide bonds. The van der Waals surface area contributed by atoms with Crippen LogP contribution < -0.4 is 5.43 Å². The first kappa shape index (κ1) is 21.7. The lowest BCUT2D eigenvalue weighted by Gasteiger charge is -2.15. The summed E-state index contributed by atoms with van der Waals surface area (Å²) in [6.07, 6.45) is 3.60. The smallest absolute Gasteiger partial charge is 0.243 e. The molecule has 0 atom stereocenters. The molecular formula is C23H26N4O2S2. The molecule has 0 bridgehead atoms. The Hall–Kier alpha value is -2.55. The van der Waals surface area contributed by atoms with Crippen LogP contribution in [0.15, 0.2) is 63.9 Å². The third kappa shape index (κ3) is 5.03. The number of nitrogens with one attached hydrogen (secondary N) is 1. The van der Waals surface area contributed by atoms with E-state index in [0.717, 1.165) is 29.7 Å². The number of hydrogen-bond donors (Lipinski definition) is 1. The molecule has 4 rings (SSSR count). The van der Waals surface area contributed by atoms with Gasteiger partial charge < -0.3 is 0 Å². The molecule has 6 nitrogen and oxygen atoms in total. The maximum atomic E-state index is 12.8. The quantitative estimate of drug-likeness (QED) is 0.395. The van der Waals surface area contributed by atoms with E-state index in [1.165, 1.54) is 16.9 Å². The summed E-state index contributed by atoms with van der Waals surface area (Å²) in [4.78, 5) is 4.87. The SMILES string of the molecule is CC(C)c1ccc(C=NNc2nc(-c3cccc(S(=O)(=O)N4CCCC4)c3)cs2)cc1. The molecule has 31 heavy (non-hydrogen) atoms. The van der Waals surface area contributed by atoms with E-state index in [-0.39, 0.29) is 0 Å². The Morgan fingerprint density at radius 2 is 1.87 bits per heavy atom. The van der Waals surface area contributed by atoms with Crippen molar-refractivity contribution in [2.75, 3.05) is 18.5 Å². The van der Waals surface area contributed by atoms with Crippen molar-refractivity contribution >= 4 is 32.7 Å². The highest BCUT2D eigenvalue weighted by atomic mass is 32.2. The van der Waals surface area contributed by atoms with Crippen LogP contribution in [0.4, 0.5) is 5.13 Å². The number of hydrogen-bond acceptors (Lipinski definition) is 6. The van der Waals surface area contributed by atoms with Crippen molar-refractivity contribution in [2.24, 2.45) is 5.10 Å². The van der Waals surface area contributed by atoms with Crippen molar-refractivity contribution in [1.29, 1.82) is 0 Å². The van der Waals surface area contributed by atoms with Crippen LogP contribution >= 0.6 is 11.3 Å². The van der Waals surface area contributed by atoms with Gasteiger partial charge in [0.1, 0.15) is 0 Å². The lowest BCUT2D eigenvalue weighted by atomic mass is 10.0. The van der Waals surface area contributed by atoms with Crippen LogP contribution in [0.3, 0.4) is 0 Å². The van der Waals surface area contributed by atoms with Gasteiger partial charge in [0, 0.05) is 24.0 Å². The highest BCUT2D eigenvalue weighted by Gasteiger charge is 2.27. The number of sulfonamides is 1. The zero-order chi connectivity index (χ0) is 21.8. The minimum Gasteiger partial charge on any atom is -0.253 e. The number of nitrogens with zero attached hydrogens (tertiary/aromatic N) is 3. The first-order valence-electron chi connectivity index (χ1n) is 10.4. The molecule has 2 heterocycles. The van der Waals surface area contributed by atoms with Crippen LogP contribution in [0.5, 0.6) is 0 Å². The molecule has 1 N–H and O–H groups in total. The van der Waals surface area contributed by atoms with Gasteiger partial charge >= 0.3 is 0 Å². The lowest BCUT2D eigenvalue weighted by Crippen LogP contribution is -2.27. The molecule has 1 aliphatic heterocycles. The standard InChI is InChI=1S/C23H26N4O2S2/c1-17(2)19-10-8-18(9-11-19)15-24-26-23-25-22(16-30-23)20-6-5-7-21(14-20)31(28,29)27-12-3-4-13-27/h5-11,14-17H,3-4,12-13H2,1-2H3,(H,25,26). The number of benzene rings is 2. The third-order valence-electron chi connectivity index (χ3n) is 5.31. The molecule has 2 aromatic carbocycles. The van der Waals surface area contributed by atoms with Crippen molar-refractivity contribution in [2.45, 2.75) is 37.5 Å². The van der Waals surface area contributed by atoms with Crippen molar-refractivity contribution in [3.8, 4) is 11.3 Å². The Morgan fingerprint density at radius 1 is 1.13 bits per heavy atom. The number of rotatable bonds is 7. The summed E-state index contributed by atoms with van der Waals surface area (Å²) in [5.74, 6) is 0.502. The summed E-state index contributed by atoms with van der Waals surface area (Å²) >= 11 is 1.43. The highest BCUT2D eigenvalue weighted by molar-refractivity contribution is 7.89. The largest absolute Gasteiger partial charge is 0.253 e. The summed E-state index contributed by atoms with van der Waals surface area (Å²) in [6.45, 7) is 5.52. The van der Waals surface area contributed by atoms with E-state index in [2.05, 4.69) is 41.5 Å². The molecule has 1 saturated heterocycles. The zero-order valence-corrected chi connectivity index (χ0v) is 19.3. The molecule has 0 unspecified atom stereocenters. The molecule has 1 fully saturated rings. The number of hydrazone groups is 1. The molecule has 0 aliphatic carbocycles. The molecule has 3 aromatic rings. The van der Waals surface area contributed by atoms with E-state index in [0.29, 0.717) is 29.0 Å². The van der Waals surface area contributed by atoms with Gasteiger partial charge in [-0.25, -0.2) is 13.4 Å². The van der Waals surface area contributed by atoms with Gasteiger partial charge in [-0.1, -0.05) is 50.2 Å². The molecule has 162 valence electrons. The first-order valence-corrected chi connectivity index (χ1v) is 12.7. The van der Waals surface area contributed by atoms with Crippen LogP contribution in [-0.4, -0.2) is 37.0 Å². The van der Waals surface area contributed by atoms with Crippen molar-refractivity contribution in [1.82, 2.24) is 9.29 Å². The average molecular weight is 455 g/mol. The predicted octanol–water partition coefficient (Wildman–Crippen LogP) is 5.16. The fourth-order valence-corrected chi connectivity index (χ4v) is 5.71. The van der Waals surface area contributed by atoms with E-state index in [9.17, 15) is 8.42 Å². The van der Waals surface area contributed by atoms with Crippen molar-refractivity contribution < 1.29 is 8.42 Å². The Kier molecular flexibility index (Phi) is 6.50.